The summed E-state index contributed by atoms with van der Waals surface area (Å²) in [7, 11) is 1.85. The highest BCUT2D eigenvalue weighted by molar-refractivity contribution is 5.90. The Labute approximate surface area is 113 Å². The van der Waals surface area contributed by atoms with Crippen molar-refractivity contribution in [2.45, 2.75) is 33.3 Å². The number of carbonyl (C=O) groups is 1. The first-order valence-corrected chi connectivity index (χ1v) is 6.35. The van der Waals surface area contributed by atoms with E-state index < -0.39 is 5.97 Å². The van der Waals surface area contributed by atoms with Gasteiger partial charge in [0.1, 0.15) is 0 Å². The molecule has 0 bridgehead atoms. The molecule has 0 saturated heterocycles. The van der Waals surface area contributed by atoms with Crippen LogP contribution < -0.4 is 4.90 Å². The highest BCUT2D eigenvalue weighted by atomic mass is 16.5. The molecule has 19 heavy (non-hydrogen) atoms. The molecular formula is C13H21N3O3. The molecule has 1 rings (SSSR count). The Morgan fingerprint density at radius 1 is 1.58 bits per heavy atom. The van der Waals surface area contributed by atoms with Crippen molar-refractivity contribution in [3.63, 3.8) is 0 Å². The van der Waals surface area contributed by atoms with Crippen LogP contribution in [0.25, 0.3) is 0 Å². The van der Waals surface area contributed by atoms with Gasteiger partial charge in [-0.3, -0.25) is 0 Å². The largest absolute Gasteiger partial charge is 0.462 e. The van der Waals surface area contributed by atoms with Crippen molar-refractivity contribution in [2.75, 3.05) is 25.1 Å². The van der Waals surface area contributed by atoms with Gasteiger partial charge in [0, 0.05) is 19.8 Å². The molecule has 106 valence electrons. The lowest BCUT2D eigenvalue weighted by Gasteiger charge is -2.18. The van der Waals surface area contributed by atoms with Gasteiger partial charge in [-0.05, 0) is 27.2 Å². The minimum atomic E-state index is -0.404. The van der Waals surface area contributed by atoms with Crippen LogP contribution in [0.15, 0.2) is 6.20 Å². The molecule has 0 fully saturated rings. The highest BCUT2D eigenvalue weighted by Gasteiger charge is 2.14. The Morgan fingerprint density at radius 2 is 2.26 bits per heavy atom. The van der Waals surface area contributed by atoms with Crippen LogP contribution in [0.5, 0.6) is 0 Å². The molecule has 0 aromatic carbocycles. The van der Waals surface area contributed by atoms with E-state index in [9.17, 15) is 9.90 Å². The SMILES string of the molecule is CCOC(=O)c1cnc(N(C)CCC(C)O)nc1C. The molecule has 1 unspecified atom stereocenters. The summed E-state index contributed by atoms with van der Waals surface area (Å²) in [5, 5.41) is 9.25. The summed E-state index contributed by atoms with van der Waals surface area (Å²) in [6.07, 6.45) is 1.76. The lowest BCUT2D eigenvalue weighted by Crippen LogP contribution is -2.24. The van der Waals surface area contributed by atoms with E-state index in [1.54, 1.807) is 20.8 Å². The summed E-state index contributed by atoms with van der Waals surface area (Å²) in [6.45, 7) is 6.22. The molecule has 1 aromatic heterocycles. The van der Waals surface area contributed by atoms with Crippen molar-refractivity contribution in [2.24, 2.45) is 0 Å². The van der Waals surface area contributed by atoms with E-state index in [2.05, 4.69) is 9.97 Å². The van der Waals surface area contributed by atoms with Crippen LogP contribution in [-0.4, -0.2) is 47.3 Å². The number of ether oxygens (including phenoxy) is 1. The first-order valence-electron chi connectivity index (χ1n) is 6.35. The fraction of sp³-hybridized carbons (Fsp3) is 0.615. The summed E-state index contributed by atoms with van der Waals surface area (Å²) in [4.78, 5) is 21.9. The summed E-state index contributed by atoms with van der Waals surface area (Å²) in [5.41, 5.74) is 0.974. The molecule has 0 saturated carbocycles. The number of esters is 1. The third kappa shape index (κ3) is 4.48. The van der Waals surface area contributed by atoms with E-state index in [4.69, 9.17) is 4.74 Å². The normalized spacial score (nSPS) is 12.1. The van der Waals surface area contributed by atoms with E-state index in [0.29, 0.717) is 36.8 Å². The van der Waals surface area contributed by atoms with Gasteiger partial charge in [0.05, 0.1) is 24.0 Å². The summed E-state index contributed by atoms with van der Waals surface area (Å²) in [6, 6.07) is 0. The molecule has 0 amide bonds. The molecule has 1 aromatic rings. The average Bonchev–Trinajstić information content (AvgIpc) is 2.35. The van der Waals surface area contributed by atoms with Crippen molar-refractivity contribution in [1.29, 1.82) is 0 Å². The second kappa shape index (κ2) is 7.04. The van der Waals surface area contributed by atoms with Gasteiger partial charge in [-0.2, -0.15) is 0 Å². The quantitative estimate of drug-likeness (QED) is 0.780. The predicted molar refractivity (Wildman–Crippen MR) is 72.3 cm³/mol. The van der Waals surface area contributed by atoms with E-state index in [1.807, 2.05) is 11.9 Å². The van der Waals surface area contributed by atoms with Gasteiger partial charge in [0.2, 0.25) is 5.95 Å². The van der Waals surface area contributed by atoms with Gasteiger partial charge in [0.15, 0.2) is 0 Å². The van der Waals surface area contributed by atoms with Crippen molar-refractivity contribution >= 4 is 11.9 Å². The Bertz CT molecular complexity index is 435. The van der Waals surface area contributed by atoms with Gasteiger partial charge >= 0.3 is 5.97 Å². The topological polar surface area (TPSA) is 75.5 Å². The number of hydrogen-bond acceptors (Lipinski definition) is 6. The number of carbonyl (C=O) groups excluding carboxylic acids is 1. The van der Waals surface area contributed by atoms with E-state index >= 15 is 0 Å². The van der Waals surface area contributed by atoms with E-state index in [1.165, 1.54) is 6.20 Å². The molecule has 1 atom stereocenters. The van der Waals surface area contributed by atoms with Crippen LogP contribution in [-0.2, 0) is 4.74 Å². The minimum absolute atomic E-state index is 0.328. The number of rotatable bonds is 6. The predicted octanol–water partition coefficient (Wildman–Crippen LogP) is 1.17. The summed E-state index contributed by atoms with van der Waals surface area (Å²) >= 11 is 0. The fourth-order valence-corrected chi connectivity index (χ4v) is 1.53. The Hall–Kier alpha value is -1.69. The van der Waals surface area contributed by atoms with Gasteiger partial charge in [-0.1, -0.05) is 0 Å². The molecule has 1 N–H and O–H groups in total. The van der Waals surface area contributed by atoms with Crippen molar-refractivity contribution in [1.82, 2.24) is 9.97 Å². The van der Waals surface area contributed by atoms with E-state index in [-0.39, 0.29) is 6.10 Å². The number of aryl methyl sites for hydroxylation is 1. The summed E-state index contributed by atoms with van der Waals surface area (Å²) in [5.74, 6) is 0.129. The van der Waals surface area contributed by atoms with Crippen LogP contribution in [0, 0.1) is 6.92 Å². The maximum atomic E-state index is 11.6. The van der Waals surface area contributed by atoms with Crippen molar-refractivity contribution < 1.29 is 14.6 Å². The van der Waals surface area contributed by atoms with Crippen LogP contribution in [0.1, 0.15) is 36.3 Å². The molecule has 6 nitrogen and oxygen atoms in total. The third-order valence-corrected chi connectivity index (χ3v) is 2.69. The number of anilines is 1. The van der Waals surface area contributed by atoms with E-state index in [0.717, 1.165) is 0 Å². The number of aliphatic hydroxyl groups excluding tert-OH is 1. The van der Waals surface area contributed by atoms with Gasteiger partial charge < -0.3 is 14.7 Å². The molecule has 0 aliphatic rings. The standard InChI is InChI=1S/C13H21N3O3/c1-5-19-12(18)11-8-14-13(15-10(11)3)16(4)7-6-9(2)17/h8-9,17H,5-7H2,1-4H3. The zero-order valence-electron chi connectivity index (χ0n) is 11.9. The van der Waals surface area contributed by atoms with Crippen LogP contribution >= 0.6 is 0 Å². The number of nitrogens with zero attached hydrogens (tertiary/aromatic N) is 3. The Morgan fingerprint density at radius 3 is 2.79 bits per heavy atom. The lowest BCUT2D eigenvalue weighted by atomic mass is 10.2. The molecule has 1 heterocycles. The third-order valence-electron chi connectivity index (χ3n) is 2.69. The smallest absolute Gasteiger partial charge is 0.341 e. The highest BCUT2D eigenvalue weighted by Crippen LogP contribution is 2.11. The van der Waals surface area contributed by atoms with Crippen molar-refractivity contribution in [3.8, 4) is 0 Å². The maximum absolute atomic E-state index is 11.6. The molecule has 0 radical (unpaired) electrons. The second-order valence-corrected chi connectivity index (χ2v) is 4.45. The first kappa shape index (κ1) is 15.4. The molecule has 6 heteroatoms. The van der Waals surface area contributed by atoms with Gasteiger partial charge in [-0.15, -0.1) is 0 Å². The average molecular weight is 267 g/mol. The Balaban J connectivity index is 2.78. The molecular weight excluding hydrogens is 246 g/mol. The maximum Gasteiger partial charge on any atom is 0.341 e. The van der Waals surface area contributed by atoms with Gasteiger partial charge in [-0.25, -0.2) is 14.8 Å². The zero-order chi connectivity index (χ0) is 14.4. The van der Waals surface area contributed by atoms with Crippen LogP contribution in [0.3, 0.4) is 0 Å². The molecule has 0 aliphatic heterocycles. The number of hydrogen-bond donors (Lipinski definition) is 1. The van der Waals surface area contributed by atoms with Crippen LogP contribution in [0.4, 0.5) is 5.95 Å². The fourth-order valence-electron chi connectivity index (χ4n) is 1.53. The number of aromatic nitrogens is 2. The number of aliphatic hydroxyl groups is 1. The minimum Gasteiger partial charge on any atom is -0.462 e. The molecule has 0 spiro atoms. The van der Waals surface area contributed by atoms with Crippen molar-refractivity contribution in [3.05, 3.63) is 17.5 Å². The Kier molecular flexibility index (Phi) is 5.69. The monoisotopic (exact) mass is 267 g/mol. The zero-order valence-corrected chi connectivity index (χ0v) is 11.9. The molecule has 0 aliphatic carbocycles. The lowest BCUT2D eigenvalue weighted by molar-refractivity contribution is 0.0524. The van der Waals surface area contributed by atoms with Crippen LogP contribution in [0.2, 0.25) is 0 Å². The summed E-state index contributed by atoms with van der Waals surface area (Å²) < 4.78 is 4.92. The van der Waals surface area contributed by atoms with Gasteiger partial charge in [0.25, 0.3) is 0 Å². The first-order chi connectivity index (χ1) is 8.95. The second-order valence-electron chi connectivity index (χ2n) is 4.45.